The topological polar surface area (TPSA) is 32.3 Å². The average Bonchev–Trinajstić information content (AvgIpc) is 2.62. The number of hydrogen-bond acceptors (Lipinski definition) is 3. The van der Waals surface area contributed by atoms with E-state index in [0.717, 1.165) is 13.0 Å². The van der Waals surface area contributed by atoms with Gasteiger partial charge in [-0.3, -0.25) is 0 Å². The molecule has 2 nitrogen and oxygen atoms in total. The van der Waals surface area contributed by atoms with E-state index in [1.54, 1.807) is 11.3 Å². The van der Waals surface area contributed by atoms with Gasteiger partial charge in [-0.2, -0.15) is 11.3 Å². The van der Waals surface area contributed by atoms with Crippen molar-refractivity contribution in [3.05, 3.63) is 22.4 Å². The third kappa shape index (κ3) is 3.18. The average molecular weight is 248 g/mol. The SMILES string of the molecule is Cl.OCCC1(NCc2ccsc2)CCC1. The summed E-state index contributed by atoms with van der Waals surface area (Å²) in [7, 11) is 0. The Morgan fingerprint density at radius 2 is 2.27 bits per heavy atom. The molecule has 0 atom stereocenters. The Bertz CT molecular complexity index is 272. The maximum Gasteiger partial charge on any atom is 0.0448 e. The molecule has 15 heavy (non-hydrogen) atoms. The molecule has 0 spiro atoms. The van der Waals surface area contributed by atoms with Crippen LogP contribution in [0.2, 0.25) is 0 Å². The first-order chi connectivity index (χ1) is 6.85. The first-order valence-corrected chi connectivity index (χ1v) is 6.16. The first kappa shape index (κ1) is 13.0. The Balaban J connectivity index is 0.00000112. The molecule has 0 saturated heterocycles. The second-order valence-corrected chi connectivity index (χ2v) is 4.87. The summed E-state index contributed by atoms with van der Waals surface area (Å²) < 4.78 is 0. The summed E-state index contributed by atoms with van der Waals surface area (Å²) in [6, 6.07) is 2.16. The summed E-state index contributed by atoms with van der Waals surface area (Å²) in [6.45, 7) is 1.25. The molecule has 2 rings (SSSR count). The van der Waals surface area contributed by atoms with Gasteiger partial charge in [0.05, 0.1) is 0 Å². The van der Waals surface area contributed by atoms with Gasteiger partial charge in [-0.1, -0.05) is 0 Å². The van der Waals surface area contributed by atoms with Gasteiger partial charge in [0.25, 0.3) is 0 Å². The van der Waals surface area contributed by atoms with Crippen LogP contribution in [-0.2, 0) is 6.54 Å². The molecule has 0 aliphatic heterocycles. The van der Waals surface area contributed by atoms with Gasteiger partial charge in [0.1, 0.15) is 0 Å². The van der Waals surface area contributed by atoms with Crippen LogP contribution in [-0.4, -0.2) is 17.3 Å². The summed E-state index contributed by atoms with van der Waals surface area (Å²) in [6.07, 6.45) is 4.64. The molecule has 0 unspecified atom stereocenters. The van der Waals surface area contributed by atoms with Crippen LogP contribution in [0.25, 0.3) is 0 Å². The highest BCUT2D eigenvalue weighted by Gasteiger charge is 2.35. The predicted octanol–water partition coefficient (Wildman–Crippen LogP) is 2.56. The van der Waals surface area contributed by atoms with Gasteiger partial charge in [0, 0.05) is 18.7 Å². The minimum Gasteiger partial charge on any atom is -0.396 e. The van der Waals surface area contributed by atoms with Crippen molar-refractivity contribution in [3.63, 3.8) is 0 Å². The quantitative estimate of drug-likeness (QED) is 0.838. The molecule has 0 bridgehead atoms. The lowest BCUT2D eigenvalue weighted by molar-refractivity contribution is 0.130. The Labute approximate surface area is 101 Å². The van der Waals surface area contributed by atoms with Crippen LogP contribution in [0, 0.1) is 0 Å². The van der Waals surface area contributed by atoms with E-state index in [2.05, 4.69) is 22.1 Å². The zero-order valence-electron chi connectivity index (χ0n) is 8.74. The molecular formula is C11H18ClNOS. The van der Waals surface area contributed by atoms with E-state index in [4.69, 9.17) is 5.11 Å². The van der Waals surface area contributed by atoms with Gasteiger partial charge in [0.2, 0.25) is 0 Å². The van der Waals surface area contributed by atoms with Crippen molar-refractivity contribution in [2.75, 3.05) is 6.61 Å². The van der Waals surface area contributed by atoms with E-state index in [-0.39, 0.29) is 17.9 Å². The lowest BCUT2D eigenvalue weighted by Gasteiger charge is -2.42. The van der Waals surface area contributed by atoms with Crippen molar-refractivity contribution in [2.45, 2.75) is 37.8 Å². The fraction of sp³-hybridized carbons (Fsp3) is 0.636. The maximum absolute atomic E-state index is 8.99. The van der Waals surface area contributed by atoms with Crippen LogP contribution in [0.1, 0.15) is 31.2 Å². The maximum atomic E-state index is 8.99. The fourth-order valence-electron chi connectivity index (χ4n) is 2.02. The highest BCUT2D eigenvalue weighted by Crippen LogP contribution is 2.34. The largest absolute Gasteiger partial charge is 0.396 e. The number of aliphatic hydroxyl groups excluding tert-OH is 1. The number of halogens is 1. The summed E-state index contributed by atoms with van der Waals surface area (Å²) in [5, 5.41) is 16.9. The molecule has 86 valence electrons. The third-order valence-corrected chi connectivity index (χ3v) is 3.88. The van der Waals surface area contributed by atoms with Gasteiger partial charge in [-0.25, -0.2) is 0 Å². The molecule has 1 aliphatic rings. The second-order valence-electron chi connectivity index (χ2n) is 4.09. The molecule has 0 amide bonds. The van der Waals surface area contributed by atoms with E-state index in [0.29, 0.717) is 6.61 Å². The molecule has 1 aromatic heterocycles. The van der Waals surface area contributed by atoms with Gasteiger partial charge >= 0.3 is 0 Å². The van der Waals surface area contributed by atoms with Crippen molar-refractivity contribution in [1.82, 2.24) is 5.32 Å². The van der Waals surface area contributed by atoms with E-state index < -0.39 is 0 Å². The lowest BCUT2D eigenvalue weighted by atomic mass is 9.74. The summed E-state index contributed by atoms with van der Waals surface area (Å²) in [5.74, 6) is 0. The molecule has 2 N–H and O–H groups in total. The standard InChI is InChI=1S/C11H17NOS.ClH/c13-6-5-11(3-1-4-11)12-8-10-2-7-14-9-10;/h2,7,9,12-13H,1,3-6,8H2;1H. The molecule has 1 aromatic rings. The van der Waals surface area contributed by atoms with Gasteiger partial charge < -0.3 is 10.4 Å². The van der Waals surface area contributed by atoms with E-state index in [1.165, 1.54) is 24.8 Å². The van der Waals surface area contributed by atoms with Crippen LogP contribution in [0.5, 0.6) is 0 Å². The smallest absolute Gasteiger partial charge is 0.0448 e. The zero-order valence-corrected chi connectivity index (χ0v) is 10.4. The molecule has 0 aromatic carbocycles. The fourth-order valence-corrected chi connectivity index (χ4v) is 2.68. The van der Waals surface area contributed by atoms with Crippen molar-refractivity contribution < 1.29 is 5.11 Å². The third-order valence-electron chi connectivity index (χ3n) is 3.15. The number of rotatable bonds is 5. The first-order valence-electron chi connectivity index (χ1n) is 5.22. The highest BCUT2D eigenvalue weighted by molar-refractivity contribution is 7.07. The van der Waals surface area contributed by atoms with E-state index in [9.17, 15) is 0 Å². The summed E-state index contributed by atoms with van der Waals surface area (Å²) in [5.41, 5.74) is 1.61. The van der Waals surface area contributed by atoms with Crippen LogP contribution in [0.4, 0.5) is 0 Å². The van der Waals surface area contributed by atoms with Gasteiger partial charge in [0.15, 0.2) is 0 Å². The molecular weight excluding hydrogens is 230 g/mol. The van der Waals surface area contributed by atoms with Crippen molar-refractivity contribution in [2.24, 2.45) is 0 Å². The number of hydrogen-bond donors (Lipinski definition) is 2. The summed E-state index contributed by atoms with van der Waals surface area (Å²) in [4.78, 5) is 0. The monoisotopic (exact) mass is 247 g/mol. The molecule has 4 heteroatoms. The number of aliphatic hydroxyl groups is 1. The normalized spacial score (nSPS) is 17.9. The lowest BCUT2D eigenvalue weighted by Crippen LogP contribution is -2.51. The van der Waals surface area contributed by atoms with Crippen molar-refractivity contribution in [1.29, 1.82) is 0 Å². The summed E-state index contributed by atoms with van der Waals surface area (Å²) >= 11 is 1.74. The zero-order chi connectivity index (χ0) is 9.86. The molecule has 1 saturated carbocycles. The molecule has 1 heterocycles. The van der Waals surface area contributed by atoms with Gasteiger partial charge in [-0.05, 0) is 48.1 Å². The minimum atomic E-state index is 0. The molecule has 1 fully saturated rings. The Hall–Kier alpha value is -0.0900. The van der Waals surface area contributed by atoms with Gasteiger partial charge in [-0.15, -0.1) is 12.4 Å². The van der Waals surface area contributed by atoms with Crippen LogP contribution < -0.4 is 5.32 Å². The number of nitrogens with one attached hydrogen (secondary N) is 1. The van der Waals surface area contributed by atoms with E-state index in [1.807, 2.05) is 0 Å². The highest BCUT2D eigenvalue weighted by atomic mass is 35.5. The van der Waals surface area contributed by atoms with Crippen molar-refractivity contribution >= 4 is 23.7 Å². The Kier molecular flexibility index (Phi) is 5.06. The Morgan fingerprint density at radius 3 is 2.73 bits per heavy atom. The van der Waals surface area contributed by atoms with Crippen LogP contribution >= 0.6 is 23.7 Å². The van der Waals surface area contributed by atoms with Crippen LogP contribution in [0.15, 0.2) is 16.8 Å². The number of thiophene rings is 1. The van der Waals surface area contributed by atoms with E-state index >= 15 is 0 Å². The minimum absolute atomic E-state index is 0. The second kappa shape index (κ2) is 5.85. The van der Waals surface area contributed by atoms with Crippen LogP contribution in [0.3, 0.4) is 0 Å². The molecule has 1 aliphatic carbocycles. The predicted molar refractivity (Wildman–Crippen MR) is 66.7 cm³/mol. The van der Waals surface area contributed by atoms with Crippen molar-refractivity contribution in [3.8, 4) is 0 Å². The Morgan fingerprint density at radius 1 is 1.47 bits per heavy atom. The molecule has 0 radical (unpaired) electrons.